The lowest BCUT2D eigenvalue weighted by atomic mass is 10.1. The fraction of sp³-hybridized carbons (Fsp3) is 0.375. The van der Waals surface area contributed by atoms with Crippen LogP contribution >= 0.6 is 11.6 Å². The maximum absolute atomic E-state index is 12.4. The average Bonchev–Trinajstić information content (AvgIpc) is 2.17. The number of nitrogen functional groups attached to an aromatic ring is 1. The Morgan fingerprint density at radius 3 is 2.64 bits per heavy atom. The van der Waals surface area contributed by atoms with Gasteiger partial charge in [0.15, 0.2) is 0 Å². The molecular formula is C8H9ClF2N2O. The van der Waals surface area contributed by atoms with Crippen molar-refractivity contribution >= 4 is 17.3 Å². The van der Waals surface area contributed by atoms with Gasteiger partial charge in [-0.05, 0) is 0 Å². The van der Waals surface area contributed by atoms with E-state index >= 15 is 0 Å². The van der Waals surface area contributed by atoms with E-state index in [2.05, 4.69) is 4.98 Å². The van der Waals surface area contributed by atoms with E-state index in [-0.39, 0.29) is 22.7 Å². The second-order valence-electron chi connectivity index (χ2n) is 2.64. The molecule has 0 amide bonds. The molecule has 0 aliphatic carbocycles. The van der Waals surface area contributed by atoms with Gasteiger partial charge in [-0.25, -0.2) is 8.78 Å². The molecule has 1 rings (SSSR count). The van der Waals surface area contributed by atoms with Crippen molar-refractivity contribution in [2.75, 3.05) is 5.73 Å². The van der Waals surface area contributed by atoms with Gasteiger partial charge >= 0.3 is 0 Å². The number of alkyl halides is 3. The van der Waals surface area contributed by atoms with Crippen LogP contribution in [0.15, 0.2) is 6.20 Å². The van der Waals surface area contributed by atoms with Crippen LogP contribution in [0, 0.1) is 0 Å². The fourth-order valence-corrected chi connectivity index (χ4v) is 1.31. The third-order valence-corrected chi connectivity index (χ3v) is 2.12. The average molecular weight is 223 g/mol. The van der Waals surface area contributed by atoms with Gasteiger partial charge in [-0.2, -0.15) is 0 Å². The number of hydrogen-bond donors (Lipinski definition) is 2. The number of anilines is 1. The highest BCUT2D eigenvalue weighted by Gasteiger charge is 2.17. The Bertz CT molecular complexity index is 333. The van der Waals surface area contributed by atoms with E-state index in [9.17, 15) is 8.78 Å². The van der Waals surface area contributed by atoms with E-state index in [0.717, 1.165) is 6.20 Å². The van der Waals surface area contributed by atoms with Gasteiger partial charge in [0.25, 0.3) is 6.43 Å². The fourth-order valence-electron chi connectivity index (χ4n) is 1.10. The van der Waals surface area contributed by atoms with E-state index in [0.29, 0.717) is 5.69 Å². The SMILES string of the molecule is Nc1c(CCl)ncc(C(F)F)c1CO. The molecule has 0 bridgehead atoms. The molecule has 14 heavy (non-hydrogen) atoms. The molecule has 0 unspecified atom stereocenters. The molecule has 0 aliphatic rings. The smallest absolute Gasteiger partial charge is 0.265 e. The zero-order valence-corrected chi connectivity index (χ0v) is 7.93. The summed E-state index contributed by atoms with van der Waals surface area (Å²) in [4.78, 5) is 3.68. The van der Waals surface area contributed by atoms with Crippen molar-refractivity contribution in [1.82, 2.24) is 4.98 Å². The molecule has 1 aromatic rings. The van der Waals surface area contributed by atoms with E-state index in [1.807, 2.05) is 0 Å². The molecule has 0 atom stereocenters. The second-order valence-corrected chi connectivity index (χ2v) is 2.91. The Kier molecular flexibility index (Phi) is 3.60. The summed E-state index contributed by atoms with van der Waals surface area (Å²) in [5.74, 6) is 0.0301. The normalized spacial score (nSPS) is 10.9. The van der Waals surface area contributed by atoms with Gasteiger partial charge in [0, 0.05) is 17.3 Å². The number of pyridine rings is 1. The van der Waals surface area contributed by atoms with Gasteiger partial charge in [-0.15, -0.1) is 11.6 Å². The van der Waals surface area contributed by atoms with Crippen molar-refractivity contribution in [3.05, 3.63) is 23.0 Å². The molecule has 3 nitrogen and oxygen atoms in total. The van der Waals surface area contributed by atoms with Crippen molar-refractivity contribution in [3.8, 4) is 0 Å². The maximum Gasteiger partial charge on any atom is 0.265 e. The first-order chi connectivity index (χ1) is 6.61. The Balaban J connectivity index is 3.28. The largest absolute Gasteiger partial charge is 0.397 e. The maximum atomic E-state index is 12.4. The lowest BCUT2D eigenvalue weighted by Crippen LogP contribution is -2.06. The summed E-state index contributed by atoms with van der Waals surface area (Å²) >= 11 is 5.48. The molecule has 0 aromatic carbocycles. The zero-order valence-electron chi connectivity index (χ0n) is 7.17. The Hall–Kier alpha value is -0.940. The second kappa shape index (κ2) is 4.52. The van der Waals surface area contributed by atoms with Gasteiger partial charge in [0.05, 0.1) is 23.9 Å². The summed E-state index contributed by atoms with van der Waals surface area (Å²) in [6, 6.07) is 0. The highest BCUT2D eigenvalue weighted by molar-refractivity contribution is 6.17. The molecule has 3 N–H and O–H groups in total. The Morgan fingerprint density at radius 1 is 1.57 bits per heavy atom. The topological polar surface area (TPSA) is 59.1 Å². The Morgan fingerprint density at radius 2 is 2.21 bits per heavy atom. The van der Waals surface area contributed by atoms with Gasteiger partial charge in [-0.3, -0.25) is 4.98 Å². The summed E-state index contributed by atoms with van der Waals surface area (Å²) in [7, 11) is 0. The van der Waals surface area contributed by atoms with Crippen LogP contribution in [0.3, 0.4) is 0 Å². The van der Waals surface area contributed by atoms with Crippen LogP contribution in [-0.4, -0.2) is 10.1 Å². The first-order valence-corrected chi connectivity index (χ1v) is 4.36. The molecule has 1 heterocycles. The summed E-state index contributed by atoms with van der Waals surface area (Å²) in [6.07, 6.45) is -1.71. The van der Waals surface area contributed by atoms with Crippen molar-refractivity contribution in [1.29, 1.82) is 0 Å². The van der Waals surface area contributed by atoms with Gasteiger partial charge < -0.3 is 10.8 Å². The summed E-state index contributed by atoms with van der Waals surface area (Å²) in [5.41, 5.74) is 5.51. The number of aliphatic hydroxyl groups excluding tert-OH is 1. The molecule has 0 saturated heterocycles. The van der Waals surface area contributed by atoms with Crippen LogP contribution in [0.2, 0.25) is 0 Å². The minimum atomic E-state index is -2.70. The lowest BCUT2D eigenvalue weighted by molar-refractivity contribution is 0.146. The third-order valence-electron chi connectivity index (χ3n) is 1.86. The number of aliphatic hydroxyl groups is 1. The van der Waals surface area contributed by atoms with Crippen molar-refractivity contribution < 1.29 is 13.9 Å². The monoisotopic (exact) mass is 222 g/mol. The van der Waals surface area contributed by atoms with Crippen molar-refractivity contribution in [2.45, 2.75) is 18.9 Å². The predicted octanol–water partition coefficient (Wildman–Crippen LogP) is 1.83. The molecule has 1 aromatic heterocycles. The van der Waals surface area contributed by atoms with E-state index in [4.69, 9.17) is 22.4 Å². The molecule has 0 spiro atoms. The van der Waals surface area contributed by atoms with Crippen LogP contribution in [-0.2, 0) is 12.5 Å². The first-order valence-electron chi connectivity index (χ1n) is 3.82. The van der Waals surface area contributed by atoms with Crippen molar-refractivity contribution in [2.24, 2.45) is 0 Å². The highest BCUT2D eigenvalue weighted by Crippen LogP contribution is 2.28. The number of hydrogen-bond acceptors (Lipinski definition) is 3. The number of halogens is 3. The van der Waals surface area contributed by atoms with E-state index in [1.54, 1.807) is 0 Å². The number of nitrogens with two attached hydrogens (primary N) is 1. The van der Waals surface area contributed by atoms with Crippen LogP contribution in [0.5, 0.6) is 0 Å². The molecule has 6 heteroatoms. The standard InChI is InChI=1S/C8H9ClF2N2O/c9-1-6-7(12)5(3-14)4(2-13-6)8(10)11/h2,8,14H,1,3,12H2. The van der Waals surface area contributed by atoms with Crippen molar-refractivity contribution in [3.63, 3.8) is 0 Å². The zero-order chi connectivity index (χ0) is 10.7. The summed E-state index contributed by atoms with van der Waals surface area (Å²) in [6.45, 7) is -0.544. The number of nitrogens with zero attached hydrogens (tertiary/aromatic N) is 1. The number of rotatable bonds is 3. The highest BCUT2D eigenvalue weighted by atomic mass is 35.5. The third kappa shape index (κ3) is 1.93. The molecule has 0 saturated carbocycles. The van der Waals surface area contributed by atoms with E-state index in [1.165, 1.54) is 0 Å². The molecule has 0 aliphatic heterocycles. The van der Waals surface area contributed by atoms with Gasteiger partial charge in [0.2, 0.25) is 0 Å². The molecule has 0 radical (unpaired) electrons. The first kappa shape index (κ1) is 11.1. The van der Waals surface area contributed by atoms with Crippen LogP contribution < -0.4 is 5.73 Å². The van der Waals surface area contributed by atoms with Crippen LogP contribution in [0.25, 0.3) is 0 Å². The van der Waals surface area contributed by atoms with Gasteiger partial charge in [-0.1, -0.05) is 0 Å². The molecular weight excluding hydrogens is 214 g/mol. The minimum absolute atomic E-state index is 0.00523. The van der Waals surface area contributed by atoms with Crippen LogP contribution in [0.1, 0.15) is 23.2 Å². The molecule has 0 fully saturated rings. The number of aromatic nitrogens is 1. The van der Waals surface area contributed by atoms with E-state index < -0.39 is 13.0 Å². The van der Waals surface area contributed by atoms with Gasteiger partial charge in [0.1, 0.15) is 0 Å². The lowest BCUT2D eigenvalue weighted by Gasteiger charge is -2.11. The quantitative estimate of drug-likeness (QED) is 0.768. The minimum Gasteiger partial charge on any atom is -0.397 e. The molecule has 78 valence electrons. The Labute approximate surface area is 84.5 Å². The predicted molar refractivity (Wildman–Crippen MR) is 49.1 cm³/mol. The van der Waals surface area contributed by atoms with Crippen LogP contribution in [0.4, 0.5) is 14.5 Å². The summed E-state index contributed by atoms with van der Waals surface area (Å²) in [5, 5.41) is 8.88. The summed E-state index contributed by atoms with van der Waals surface area (Å²) < 4.78 is 24.8.